The second kappa shape index (κ2) is 27.6. The summed E-state index contributed by atoms with van der Waals surface area (Å²) in [5.41, 5.74) is 14.1. The molecule has 0 spiro atoms. The van der Waals surface area contributed by atoms with Crippen molar-refractivity contribution in [3.8, 4) is 0 Å². The third kappa shape index (κ3) is 20.1. The second-order valence-corrected chi connectivity index (χ2v) is 21.4. The fourth-order valence-corrected chi connectivity index (χ4v) is 9.04. The molecular formula is C64H86O5. The molecule has 0 aliphatic heterocycles. The molecule has 3 rings (SSSR count). The Hall–Kier alpha value is -5.55. The van der Waals surface area contributed by atoms with E-state index in [0.29, 0.717) is 6.42 Å². The van der Waals surface area contributed by atoms with Crippen molar-refractivity contribution in [3.63, 3.8) is 0 Å². The van der Waals surface area contributed by atoms with Crippen LogP contribution in [0.2, 0.25) is 0 Å². The minimum atomic E-state index is -0.417. The van der Waals surface area contributed by atoms with Crippen molar-refractivity contribution in [2.24, 2.45) is 16.2 Å². The Morgan fingerprint density at radius 3 is 1.54 bits per heavy atom. The van der Waals surface area contributed by atoms with Crippen molar-refractivity contribution in [2.45, 2.75) is 168 Å². The van der Waals surface area contributed by atoms with Gasteiger partial charge >= 0.3 is 11.9 Å². The normalized spacial score (nSPS) is 21.6. The Morgan fingerprint density at radius 1 is 0.536 bits per heavy atom. The molecule has 0 saturated heterocycles. The highest BCUT2D eigenvalue weighted by Gasteiger charge is 2.34. The van der Waals surface area contributed by atoms with Crippen molar-refractivity contribution >= 4 is 17.7 Å². The molecule has 372 valence electrons. The highest BCUT2D eigenvalue weighted by atomic mass is 16.5. The van der Waals surface area contributed by atoms with Gasteiger partial charge < -0.3 is 9.47 Å². The number of hydrogen-bond acceptors (Lipinski definition) is 5. The summed E-state index contributed by atoms with van der Waals surface area (Å²) in [6.07, 6.45) is 48.2. The van der Waals surface area contributed by atoms with Crippen LogP contribution in [-0.4, -0.2) is 30.4 Å². The first-order valence-corrected chi connectivity index (χ1v) is 25.2. The Labute approximate surface area is 418 Å². The summed E-state index contributed by atoms with van der Waals surface area (Å²) in [5, 5.41) is 0. The van der Waals surface area contributed by atoms with Crippen LogP contribution >= 0.6 is 0 Å². The lowest BCUT2D eigenvalue weighted by molar-refractivity contribution is -0.152. The highest BCUT2D eigenvalue weighted by Crippen LogP contribution is 2.43. The molecule has 0 radical (unpaired) electrons. The maximum atomic E-state index is 12.9. The monoisotopic (exact) mass is 935 g/mol. The Balaban J connectivity index is 1.46. The molecule has 3 aliphatic carbocycles. The standard InChI is InChI=1S/C64H86O5/c1-46(24-18-26-49(4)32-35-56-53(8)58(65)39-43-63(56,12)13)22-16-17-23-47(2)25-19-27-50(5)33-36-57-54(9)59(40-44-64(57,14)15)69-61(67)38-37-60(66)68-45-41-51(6)29-20-28-48(3)31-34-55-52(7)30-21-42-62(55,10)11/h16-20,22-29,31-36,41,59H,21,30,37-40,42-45H2,1-15H3/b17-16+,24-18+,25-19+,29-20+,34-31+,35-32+,36-33+,46-22+,47-23+,48-28+,49-26+,50-27+,51-41+. The number of Topliss-reactive ketones (excluding diaryl/α,β-unsaturated/α-hetero) is 1. The molecule has 0 aromatic heterocycles. The van der Waals surface area contributed by atoms with E-state index in [1.165, 1.54) is 41.6 Å². The third-order valence-corrected chi connectivity index (χ3v) is 13.7. The molecule has 1 atom stereocenters. The molecule has 0 N–H and O–H groups in total. The predicted octanol–water partition coefficient (Wildman–Crippen LogP) is 17.2. The molecule has 0 saturated carbocycles. The van der Waals surface area contributed by atoms with E-state index < -0.39 is 5.97 Å². The van der Waals surface area contributed by atoms with E-state index in [1.54, 1.807) is 0 Å². The average molecular weight is 935 g/mol. The first-order chi connectivity index (χ1) is 32.4. The van der Waals surface area contributed by atoms with E-state index in [0.717, 1.165) is 63.8 Å². The van der Waals surface area contributed by atoms with Gasteiger partial charge in [0.1, 0.15) is 12.7 Å². The topological polar surface area (TPSA) is 69.7 Å². The average Bonchev–Trinajstić information content (AvgIpc) is 3.26. The molecule has 69 heavy (non-hydrogen) atoms. The molecule has 3 aliphatic rings. The zero-order chi connectivity index (χ0) is 51.4. The molecule has 1 unspecified atom stereocenters. The van der Waals surface area contributed by atoms with Gasteiger partial charge in [0, 0.05) is 6.42 Å². The van der Waals surface area contributed by atoms with Gasteiger partial charge in [-0.15, -0.1) is 0 Å². The maximum absolute atomic E-state index is 12.9. The van der Waals surface area contributed by atoms with Crippen LogP contribution < -0.4 is 0 Å². The van der Waals surface area contributed by atoms with E-state index >= 15 is 0 Å². The maximum Gasteiger partial charge on any atom is 0.306 e. The first-order valence-electron chi connectivity index (χ1n) is 25.2. The number of hydrogen-bond donors (Lipinski definition) is 0. The molecule has 0 amide bonds. The minimum Gasteiger partial charge on any atom is -0.461 e. The van der Waals surface area contributed by atoms with Gasteiger partial charge in [-0.2, -0.15) is 0 Å². The lowest BCUT2D eigenvalue weighted by Crippen LogP contribution is -2.30. The van der Waals surface area contributed by atoms with Gasteiger partial charge in [-0.3, -0.25) is 14.4 Å². The first kappa shape index (κ1) is 57.8. The summed E-state index contributed by atoms with van der Waals surface area (Å²) in [5.74, 6) is -0.544. The van der Waals surface area contributed by atoms with Crippen LogP contribution in [0.5, 0.6) is 0 Å². The smallest absolute Gasteiger partial charge is 0.306 e. The summed E-state index contributed by atoms with van der Waals surface area (Å²) in [6, 6.07) is 0. The summed E-state index contributed by atoms with van der Waals surface area (Å²) in [6.45, 7) is 32.4. The van der Waals surface area contributed by atoms with Gasteiger partial charge in [-0.25, -0.2) is 0 Å². The fraction of sp³-hybridized carbons (Fsp3) is 0.453. The minimum absolute atomic E-state index is 0.0172. The van der Waals surface area contributed by atoms with Crippen LogP contribution in [0, 0.1) is 16.2 Å². The lowest BCUT2D eigenvalue weighted by Gasteiger charge is -2.37. The lowest BCUT2D eigenvalue weighted by atomic mass is 9.71. The Morgan fingerprint density at radius 2 is 0.986 bits per heavy atom. The van der Waals surface area contributed by atoms with Crippen molar-refractivity contribution in [2.75, 3.05) is 6.61 Å². The largest absolute Gasteiger partial charge is 0.461 e. The second-order valence-electron chi connectivity index (χ2n) is 21.4. The van der Waals surface area contributed by atoms with Gasteiger partial charge in [-0.05, 0) is 151 Å². The van der Waals surface area contributed by atoms with Crippen LogP contribution in [0.3, 0.4) is 0 Å². The molecule has 0 aromatic rings. The van der Waals surface area contributed by atoms with Crippen molar-refractivity contribution in [3.05, 3.63) is 188 Å². The van der Waals surface area contributed by atoms with Gasteiger partial charge in [0.2, 0.25) is 0 Å². The van der Waals surface area contributed by atoms with E-state index in [9.17, 15) is 14.4 Å². The Kier molecular flexibility index (Phi) is 23.1. The van der Waals surface area contributed by atoms with Crippen LogP contribution in [0.4, 0.5) is 0 Å². The Bertz CT molecular complexity index is 2380. The van der Waals surface area contributed by atoms with E-state index in [4.69, 9.17) is 9.47 Å². The number of esters is 2. The highest BCUT2D eigenvalue weighted by molar-refractivity contribution is 5.97. The summed E-state index contributed by atoms with van der Waals surface area (Å²) >= 11 is 0. The van der Waals surface area contributed by atoms with E-state index in [-0.39, 0.29) is 53.6 Å². The fourth-order valence-electron chi connectivity index (χ4n) is 9.04. The van der Waals surface area contributed by atoms with Gasteiger partial charge in [0.25, 0.3) is 0 Å². The van der Waals surface area contributed by atoms with Crippen LogP contribution in [0.1, 0.15) is 162 Å². The van der Waals surface area contributed by atoms with E-state index in [2.05, 4.69) is 174 Å². The zero-order valence-electron chi connectivity index (χ0n) is 45.2. The molecule has 5 nitrogen and oxygen atoms in total. The summed E-state index contributed by atoms with van der Waals surface area (Å²) < 4.78 is 11.3. The number of rotatable bonds is 20. The van der Waals surface area contributed by atoms with Crippen LogP contribution in [0.25, 0.3) is 0 Å². The molecule has 0 fully saturated rings. The third-order valence-electron chi connectivity index (χ3n) is 13.7. The molecule has 0 bridgehead atoms. The molecule has 5 heteroatoms. The number of carbonyl (C=O) groups excluding carboxylic acids is 3. The number of ether oxygens (including phenoxy) is 2. The SMILES string of the molecule is CC1=C(/C=C/C(C)=C/C=C/C(C)=C/COC(=O)CCC(=O)OC2CCC(C)(C)C(/C=C/C(C)=C/C=C/C(C)=C/C=C/C=C(C)/C=C/C=C(C)/C=C/C3=C(C)C(=O)CCC3(C)C)=C2C)C(C)(C)CCC1. The number of carbonyl (C=O) groups is 3. The molecule has 0 aromatic carbocycles. The predicted molar refractivity (Wildman–Crippen MR) is 293 cm³/mol. The quantitative estimate of drug-likeness (QED) is 0.0898. The number of allylic oxidation sites excluding steroid dienone is 30. The zero-order valence-corrected chi connectivity index (χ0v) is 45.2. The van der Waals surface area contributed by atoms with Crippen molar-refractivity contribution in [1.82, 2.24) is 0 Å². The van der Waals surface area contributed by atoms with Crippen molar-refractivity contribution < 1.29 is 23.9 Å². The van der Waals surface area contributed by atoms with E-state index in [1.807, 2.05) is 51.2 Å². The molecular weight excluding hydrogens is 849 g/mol. The number of ketones is 1. The van der Waals surface area contributed by atoms with Gasteiger partial charge in [0.15, 0.2) is 5.78 Å². The summed E-state index contributed by atoms with van der Waals surface area (Å²) in [7, 11) is 0. The van der Waals surface area contributed by atoms with Crippen LogP contribution in [-0.2, 0) is 23.9 Å². The molecule has 0 heterocycles. The van der Waals surface area contributed by atoms with Gasteiger partial charge in [-0.1, -0.05) is 196 Å². The van der Waals surface area contributed by atoms with Gasteiger partial charge in [0.05, 0.1) is 12.8 Å². The summed E-state index contributed by atoms with van der Waals surface area (Å²) in [4.78, 5) is 37.7. The van der Waals surface area contributed by atoms with Crippen LogP contribution in [0.15, 0.2) is 188 Å². The van der Waals surface area contributed by atoms with Crippen molar-refractivity contribution in [1.29, 1.82) is 0 Å².